The maximum atomic E-state index is 12.8. The third kappa shape index (κ3) is 6.52. The normalized spacial score (nSPS) is 13.6. The SMILES string of the molecule is COc1ccc(C(=O)N2CCN(C)CC2)cc1NC(=O)Cc1ccc(N)cc1.Cl.Cl. The number of likely N-dealkylation sites (N-methyl/N-ethyl adjacent to an activating group) is 1. The van der Waals surface area contributed by atoms with E-state index in [4.69, 9.17) is 10.5 Å². The highest BCUT2D eigenvalue weighted by Gasteiger charge is 2.21. The quantitative estimate of drug-likeness (QED) is 0.677. The summed E-state index contributed by atoms with van der Waals surface area (Å²) in [5, 5.41) is 2.86. The van der Waals surface area contributed by atoms with Gasteiger partial charge in [0.05, 0.1) is 19.2 Å². The first kappa shape index (κ1) is 25.6. The Labute approximate surface area is 189 Å². The predicted octanol–water partition coefficient (Wildman–Crippen LogP) is 2.69. The second-order valence-electron chi connectivity index (χ2n) is 6.98. The van der Waals surface area contributed by atoms with E-state index < -0.39 is 0 Å². The molecule has 0 saturated carbocycles. The number of carbonyl (C=O) groups is 2. The molecular weight excluding hydrogens is 427 g/mol. The van der Waals surface area contributed by atoms with E-state index in [1.54, 1.807) is 30.3 Å². The van der Waals surface area contributed by atoms with Crippen LogP contribution in [0.3, 0.4) is 0 Å². The van der Waals surface area contributed by atoms with E-state index in [-0.39, 0.29) is 43.0 Å². The smallest absolute Gasteiger partial charge is 0.254 e. The molecule has 2 aromatic carbocycles. The molecule has 164 valence electrons. The van der Waals surface area contributed by atoms with Crippen LogP contribution in [0.1, 0.15) is 15.9 Å². The number of nitrogens with two attached hydrogens (primary N) is 1. The van der Waals surface area contributed by atoms with Crippen LogP contribution in [-0.4, -0.2) is 62.0 Å². The average Bonchev–Trinajstić information content (AvgIpc) is 2.69. The van der Waals surface area contributed by atoms with Gasteiger partial charge in [-0.1, -0.05) is 12.1 Å². The summed E-state index contributed by atoms with van der Waals surface area (Å²) in [4.78, 5) is 29.3. The van der Waals surface area contributed by atoms with E-state index in [2.05, 4.69) is 10.2 Å². The molecule has 3 rings (SSSR count). The highest BCUT2D eigenvalue weighted by atomic mass is 35.5. The summed E-state index contributed by atoms with van der Waals surface area (Å²) in [6.45, 7) is 3.10. The zero-order valence-electron chi connectivity index (χ0n) is 17.1. The highest BCUT2D eigenvalue weighted by molar-refractivity contribution is 5.99. The van der Waals surface area contributed by atoms with E-state index in [0.29, 0.717) is 35.8 Å². The predicted molar refractivity (Wildman–Crippen MR) is 124 cm³/mol. The number of hydrogen-bond donors (Lipinski definition) is 2. The van der Waals surface area contributed by atoms with Crippen LogP contribution in [-0.2, 0) is 11.2 Å². The van der Waals surface area contributed by atoms with Crippen molar-refractivity contribution in [2.45, 2.75) is 6.42 Å². The summed E-state index contributed by atoms with van der Waals surface area (Å²) in [6.07, 6.45) is 0.208. The van der Waals surface area contributed by atoms with Crippen molar-refractivity contribution in [3.63, 3.8) is 0 Å². The fourth-order valence-electron chi connectivity index (χ4n) is 3.15. The number of anilines is 2. The van der Waals surface area contributed by atoms with Crippen molar-refractivity contribution in [1.29, 1.82) is 0 Å². The maximum absolute atomic E-state index is 12.8. The number of halogens is 2. The maximum Gasteiger partial charge on any atom is 0.254 e. The number of rotatable bonds is 5. The summed E-state index contributed by atoms with van der Waals surface area (Å²) in [5.74, 6) is 0.289. The van der Waals surface area contributed by atoms with Crippen molar-refractivity contribution in [3.8, 4) is 5.75 Å². The number of nitrogen functional groups attached to an aromatic ring is 1. The lowest BCUT2D eigenvalue weighted by molar-refractivity contribution is -0.115. The van der Waals surface area contributed by atoms with Crippen molar-refractivity contribution < 1.29 is 14.3 Å². The molecule has 9 heteroatoms. The van der Waals surface area contributed by atoms with E-state index in [1.165, 1.54) is 7.11 Å². The zero-order valence-corrected chi connectivity index (χ0v) is 18.7. The van der Waals surface area contributed by atoms with E-state index >= 15 is 0 Å². The molecule has 0 spiro atoms. The Bertz CT molecular complexity index is 854. The largest absolute Gasteiger partial charge is 0.495 e. The van der Waals surface area contributed by atoms with Crippen LogP contribution in [0.4, 0.5) is 11.4 Å². The number of hydrogen-bond acceptors (Lipinski definition) is 5. The Hall–Kier alpha value is -2.48. The number of piperazine rings is 1. The second kappa shape index (κ2) is 11.6. The molecule has 0 aliphatic carbocycles. The monoisotopic (exact) mass is 454 g/mol. The van der Waals surface area contributed by atoms with Crippen LogP contribution >= 0.6 is 24.8 Å². The minimum atomic E-state index is -0.188. The van der Waals surface area contributed by atoms with Crippen LogP contribution in [0.15, 0.2) is 42.5 Å². The molecule has 3 N–H and O–H groups in total. The molecule has 0 atom stereocenters. The molecule has 1 fully saturated rings. The average molecular weight is 455 g/mol. The summed E-state index contributed by atoms with van der Waals surface area (Å²) >= 11 is 0. The molecule has 1 heterocycles. The van der Waals surface area contributed by atoms with Crippen molar-refractivity contribution in [1.82, 2.24) is 9.80 Å². The molecule has 30 heavy (non-hydrogen) atoms. The summed E-state index contributed by atoms with van der Waals surface area (Å²) < 4.78 is 5.34. The fourth-order valence-corrected chi connectivity index (χ4v) is 3.15. The van der Waals surface area contributed by atoms with Gasteiger partial charge in [0.2, 0.25) is 5.91 Å². The van der Waals surface area contributed by atoms with Crippen LogP contribution in [0.25, 0.3) is 0 Å². The van der Waals surface area contributed by atoms with E-state index in [1.807, 2.05) is 24.1 Å². The molecule has 0 bridgehead atoms. The minimum Gasteiger partial charge on any atom is -0.495 e. The third-order valence-corrected chi connectivity index (χ3v) is 4.86. The number of nitrogens with one attached hydrogen (secondary N) is 1. The Balaban J connectivity index is 0.00000225. The molecule has 1 aliphatic rings. The van der Waals surface area contributed by atoms with Gasteiger partial charge in [-0.15, -0.1) is 24.8 Å². The summed E-state index contributed by atoms with van der Waals surface area (Å²) in [7, 11) is 3.58. The molecule has 7 nitrogen and oxygen atoms in total. The van der Waals surface area contributed by atoms with Crippen LogP contribution in [0.5, 0.6) is 5.75 Å². The lowest BCUT2D eigenvalue weighted by atomic mass is 10.1. The number of nitrogens with zero attached hydrogens (tertiary/aromatic N) is 2. The number of ether oxygens (including phenoxy) is 1. The van der Waals surface area contributed by atoms with Gasteiger partial charge < -0.3 is 25.6 Å². The lowest BCUT2D eigenvalue weighted by Gasteiger charge is -2.32. The van der Waals surface area contributed by atoms with E-state index in [0.717, 1.165) is 18.7 Å². The van der Waals surface area contributed by atoms with Gasteiger partial charge in [0.25, 0.3) is 5.91 Å². The Morgan fingerprint density at radius 3 is 2.27 bits per heavy atom. The van der Waals surface area contributed by atoms with Gasteiger partial charge in [-0.05, 0) is 42.9 Å². The fraction of sp³-hybridized carbons (Fsp3) is 0.333. The van der Waals surface area contributed by atoms with Crippen molar-refractivity contribution >= 4 is 48.0 Å². The van der Waals surface area contributed by atoms with Crippen LogP contribution in [0, 0.1) is 0 Å². The molecule has 2 amide bonds. The standard InChI is InChI=1S/C21H26N4O3.2ClH/c1-24-9-11-25(12-10-24)21(27)16-5-8-19(28-2)18(14-16)23-20(26)13-15-3-6-17(22)7-4-15;;/h3-8,14H,9-13,22H2,1-2H3,(H,23,26);2*1H. The molecule has 1 saturated heterocycles. The highest BCUT2D eigenvalue weighted by Crippen LogP contribution is 2.26. The Kier molecular flexibility index (Phi) is 9.92. The molecule has 2 aromatic rings. The molecule has 1 aliphatic heterocycles. The van der Waals surface area contributed by atoms with Gasteiger partial charge in [0, 0.05) is 37.4 Å². The number of carbonyl (C=O) groups excluding carboxylic acids is 2. The number of methoxy groups -OCH3 is 1. The Morgan fingerprint density at radius 1 is 1.03 bits per heavy atom. The van der Waals surface area contributed by atoms with Crippen LogP contribution < -0.4 is 15.8 Å². The molecular formula is C21H28Cl2N4O3. The number of benzene rings is 2. The Morgan fingerprint density at radius 2 is 1.67 bits per heavy atom. The summed E-state index contributed by atoms with van der Waals surface area (Å²) in [6, 6.07) is 12.3. The first-order valence-corrected chi connectivity index (χ1v) is 9.26. The second-order valence-corrected chi connectivity index (χ2v) is 6.98. The van der Waals surface area contributed by atoms with E-state index in [9.17, 15) is 9.59 Å². The minimum absolute atomic E-state index is 0. The van der Waals surface area contributed by atoms with Gasteiger partial charge >= 0.3 is 0 Å². The molecule has 0 radical (unpaired) electrons. The van der Waals surface area contributed by atoms with Crippen molar-refractivity contribution in [2.75, 3.05) is 51.4 Å². The number of amides is 2. The first-order chi connectivity index (χ1) is 13.5. The topological polar surface area (TPSA) is 87.9 Å². The first-order valence-electron chi connectivity index (χ1n) is 9.26. The van der Waals surface area contributed by atoms with Gasteiger partial charge in [-0.2, -0.15) is 0 Å². The zero-order chi connectivity index (χ0) is 20.1. The van der Waals surface area contributed by atoms with Crippen molar-refractivity contribution in [2.24, 2.45) is 0 Å². The molecule has 0 unspecified atom stereocenters. The molecule has 0 aromatic heterocycles. The van der Waals surface area contributed by atoms with Gasteiger partial charge in [0.1, 0.15) is 5.75 Å². The van der Waals surface area contributed by atoms with Crippen LogP contribution in [0.2, 0.25) is 0 Å². The van der Waals surface area contributed by atoms with Gasteiger partial charge in [-0.25, -0.2) is 0 Å². The lowest BCUT2D eigenvalue weighted by Crippen LogP contribution is -2.47. The van der Waals surface area contributed by atoms with Crippen molar-refractivity contribution in [3.05, 3.63) is 53.6 Å². The van der Waals surface area contributed by atoms with Gasteiger partial charge in [-0.3, -0.25) is 9.59 Å². The van der Waals surface area contributed by atoms with Gasteiger partial charge in [0.15, 0.2) is 0 Å². The third-order valence-electron chi connectivity index (χ3n) is 4.86. The summed E-state index contributed by atoms with van der Waals surface area (Å²) in [5.41, 5.74) is 8.21.